The van der Waals surface area contributed by atoms with Crippen LogP contribution in [0.15, 0.2) is 47.2 Å². The number of hydrogen-bond donors (Lipinski definition) is 1. The van der Waals surface area contributed by atoms with Crippen LogP contribution in [0.4, 0.5) is 5.69 Å². The highest BCUT2D eigenvalue weighted by Gasteiger charge is 2.22. The van der Waals surface area contributed by atoms with Crippen LogP contribution in [0.1, 0.15) is 24.3 Å². The molecule has 0 amide bonds. The van der Waals surface area contributed by atoms with Gasteiger partial charge in [0.15, 0.2) is 5.69 Å². The molecule has 6 nitrogen and oxygen atoms in total. The summed E-state index contributed by atoms with van der Waals surface area (Å²) in [4.78, 5) is 8.59. The van der Waals surface area contributed by atoms with Gasteiger partial charge in [-0.3, -0.25) is 0 Å². The van der Waals surface area contributed by atoms with E-state index in [1.54, 1.807) is 24.7 Å². The molecule has 0 atom stereocenters. The van der Waals surface area contributed by atoms with E-state index < -0.39 is 10.0 Å². The maximum atomic E-state index is 12.1. The van der Waals surface area contributed by atoms with Gasteiger partial charge in [-0.15, -0.1) is 11.3 Å². The molecular formula is C19H20N4O2S2. The Labute approximate surface area is 163 Å². The topological polar surface area (TPSA) is 82.3 Å². The Kier molecular flexibility index (Phi) is 5.46. The predicted octanol–water partition coefficient (Wildman–Crippen LogP) is 4.06. The molecule has 0 radical (unpaired) electrons. The van der Waals surface area contributed by atoms with Crippen molar-refractivity contribution < 1.29 is 8.42 Å². The molecular weight excluding hydrogens is 380 g/mol. The minimum atomic E-state index is -3.87. The molecule has 2 aromatic heterocycles. The number of benzene rings is 1. The van der Waals surface area contributed by atoms with Crippen LogP contribution in [0.25, 0.3) is 16.0 Å². The molecule has 0 bridgehead atoms. The Morgan fingerprint density at radius 3 is 2.67 bits per heavy atom. The van der Waals surface area contributed by atoms with Crippen LogP contribution in [0, 0.1) is 12.5 Å². The largest absolute Gasteiger partial charge is 0.333 e. The molecule has 0 aliphatic carbocycles. The molecule has 0 aliphatic rings. The fourth-order valence-electron chi connectivity index (χ4n) is 2.91. The molecule has 3 rings (SSSR count). The first-order chi connectivity index (χ1) is 12.8. The van der Waals surface area contributed by atoms with Gasteiger partial charge >= 0.3 is 0 Å². The number of thiophene rings is 1. The number of imidazole rings is 1. The number of sulfonamides is 1. The summed E-state index contributed by atoms with van der Waals surface area (Å²) in [6.45, 7) is 12.3. The quantitative estimate of drug-likeness (QED) is 0.634. The first-order valence-electron chi connectivity index (χ1n) is 8.40. The first-order valence-corrected chi connectivity index (χ1v) is 10.8. The van der Waals surface area contributed by atoms with E-state index in [1.165, 1.54) is 11.3 Å². The van der Waals surface area contributed by atoms with Crippen LogP contribution in [0.2, 0.25) is 0 Å². The average molecular weight is 401 g/mol. The number of nitrogens with zero attached hydrogens (tertiary/aromatic N) is 3. The van der Waals surface area contributed by atoms with Crippen LogP contribution < -0.4 is 5.14 Å². The molecule has 0 saturated carbocycles. The molecule has 2 N–H and O–H groups in total. The van der Waals surface area contributed by atoms with Gasteiger partial charge in [0, 0.05) is 29.4 Å². The van der Waals surface area contributed by atoms with Crippen molar-refractivity contribution in [2.24, 2.45) is 11.1 Å². The fourth-order valence-corrected chi connectivity index (χ4v) is 5.28. The smallest absolute Gasteiger partial charge is 0.248 e. The summed E-state index contributed by atoms with van der Waals surface area (Å²) in [5.41, 5.74) is 2.46. The van der Waals surface area contributed by atoms with Crippen LogP contribution in [-0.4, -0.2) is 18.0 Å². The molecule has 2 heterocycles. The van der Waals surface area contributed by atoms with Crippen molar-refractivity contribution >= 4 is 27.0 Å². The average Bonchev–Trinajstić information content (AvgIpc) is 3.23. The number of rotatable bonds is 6. The SMILES string of the molecule is [C-]#[N+]c1cc(Cn2ccnc2)ccc1-c1cc(CC(C)C)sc1S(N)(=O)=O. The molecule has 0 unspecified atom stereocenters. The van der Waals surface area contributed by atoms with Gasteiger partial charge in [-0.25, -0.2) is 23.4 Å². The number of hydrogen-bond acceptors (Lipinski definition) is 4. The summed E-state index contributed by atoms with van der Waals surface area (Å²) in [7, 11) is -3.87. The molecule has 0 spiro atoms. The Morgan fingerprint density at radius 2 is 2.07 bits per heavy atom. The van der Waals surface area contributed by atoms with Gasteiger partial charge in [-0.1, -0.05) is 32.0 Å². The third kappa shape index (κ3) is 4.45. The monoisotopic (exact) mass is 400 g/mol. The van der Waals surface area contributed by atoms with E-state index >= 15 is 0 Å². The second-order valence-corrected chi connectivity index (χ2v) is 9.65. The van der Waals surface area contributed by atoms with E-state index in [4.69, 9.17) is 11.7 Å². The molecule has 1 aromatic carbocycles. The first kappa shape index (κ1) is 19.3. The van der Waals surface area contributed by atoms with Crippen molar-refractivity contribution in [2.75, 3.05) is 0 Å². The maximum absolute atomic E-state index is 12.1. The minimum absolute atomic E-state index is 0.116. The van der Waals surface area contributed by atoms with Gasteiger partial charge < -0.3 is 4.57 Å². The Morgan fingerprint density at radius 1 is 1.30 bits per heavy atom. The van der Waals surface area contributed by atoms with Crippen molar-refractivity contribution in [3.63, 3.8) is 0 Å². The van der Waals surface area contributed by atoms with Crippen molar-refractivity contribution in [2.45, 2.75) is 31.0 Å². The molecule has 27 heavy (non-hydrogen) atoms. The molecule has 8 heteroatoms. The molecule has 0 aliphatic heterocycles. The molecule has 0 saturated heterocycles. The normalized spacial score (nSPS) is 11.7. The molecule has 3 aromatic rings. The van der Waals surface area contributed by atoms with Crippen molar-refractivity contribution in [1.82, 2.24) is 9.55 Å². The van der Waals surface area contributed by atoms with Gasteiger partial charge in [-0.2, -0.15) is 0 Å². The van der Waals surface area contributed by atoms with Gasteiger partial charge in [0.1, 0.15) is 4.21 Å². The van der Waals surface area contributed by atoms with E-state index in [1.807, 2.05) is 22.9 Å². The Hall–Kier alpha value is -2.47. The van der Waals surface area contributed by atoms with Crippen molar-refractivity contribution in [1.29, 1.82) is 0 Å². The van der Waals surface area contributed by atoms with Crippen molar-refractivity contribution in [3.05, 3.63) is 64.8 Å². The zero-order valence-corrected chi connectivity index (χ0v) is 16.7. The van der Waals surface area contributed by atoms with Gasteiger partial charge in [0.25, 0.3) is 0 Å². The summed E-state index contributed by atoms with van der Waals surface area (Å²) in [5, 5.41) is 5.45. The maximum Gasteiger partial charge on any atom is 0.248 e. The van der Waals surface area contributed by atoms with E-state index in [0.29, 0.717) is 29.3 Å². The fraction of sp³-hybridized carbons (Fsp3) is 0.263. The Balaban J connectivity index is 2.07. The van der Waals surface area contributed by atoms with E-state index in [-0.39, 0.29) is 4.21 Å². The summed E-state index contributed by atoms with van der Waals surface area (Å²) in [5.74, 6) is 0.391. The molecule has 0 fully saturated rings. The highest BCUT2D eigenvalue weighted by Crippen LogP contribution is 2.40. The number of aromatic nitrogens is 2. The van der Waals surface area contributed by atoms with Crippen LogP contribution in [0.5, 0.6) is 0 Å². The second kappa shape index (κ2) is 7.64. The summed E-state index contributed by atoms with van der Waals surface area (Å²) in [6.07, 6.45) is 6.02. The van der Waals surface area contributed by atoms with Crippen molar-refractivity contribution in [3.8, 4) is 11.1 Å². The third-order valence-electron chi connectivity index (χ3n) is 4.01. The van der Waals surface area contributed by atoms with Crippen LogP contribution in [0.3, 0.4) is 0 Å². The number of nitrogens with two attached hydrogens (primary N) is 1. The summed E-state index contributed by atoms with van der Waals surface area (Å²) < 4.78 is 26.2. The van der Waals surface area contributed by atoms with E-state index in [9.17, 15) is 8.42 Å². The van der Waals surface area contributed by atoms with E-state index in [2.05, 4.69) is 23.7 Å². The van der Waals surface area contributed by atoms with Gasteiger partial charge in [0.05, 0.1) is 12.9 Å². The van der Waals surface area contributed by atoms with Crippen LogP contribution in [-0.2, 0) is 23.0 Å². The zero-order valence-electron chi connectivity index (χ0n) is 15.1. The standard InChI is InChI=1S/C19H20N4O2S2/c1-13(2)8-15-10-17(19(26-15)27(20,24)25)16-5-4-14(9-18(16)21-3)11-23-7-6-22-12-23/h4-7,9-10,12-13H,8,11H2,1-2H3,(H2,20,24,25). The molecule has 140 valence electrons. The van der Waals surface area contributed by atoms with Gasteiger partial charge in [0.2, 0.25) is 10.0 Å². The Bertz CT molecular complexity index is 1090. The lowest BCUT2D eigenvalue weighted by Crippen LogP contribution is -2.11. The highest BCUT2D eigenvalue weighted by atomic mass is 32.2. The summed E-state index contributed by atoms with van der Waals surface area (Å²) in [6, 6.07) is 7.34. The lowest BCUT2D eigenvalue weighted by molar-refractivity contribution is 0.600. The lowest BCUT2D eigenvalue weighted by Gasteiger charge is -2.08. The predicted molar refractivity (Wildman–Crippen MR) is 107 cm³/mol. The summed E-state index contributed by atoms with van der Waals surface area (Å²) >= 11 is 1.19. The van der Waals surface area contributed by atoms with E-state index in [0.717, 1.165) is 16.9 Å². The minimum Gasteiger partial charge on any atom is -0.333 e. The van der Waals surface area contributed by atoms with Gasteiger partial charge in [-0.05, 0) is 29.5 Å². The lowest BCUT2D eigenvalue weighted by atomic mass is 10.0. The highest BCUT2D eigenvalue weighted by molar-refractivity contribution is 7.91. The zero-order chi connectivity index (χ0) is 19.6. The third-order valence-corrected chi connectivity index (χ3v) is 6.65. The number of primary sulfonamides is 1. The second-order valence-electron chi connectivity index (χ2n) is 6.76. The van der Waals surface area contributed by atoms with Crippen LogP contribution >= 0.6 is 11.3 Å².